The Balaban J connectivity index is 1.60. The van der Waals surface area contributed by atoms with Crippen molar-refractivity contribution in [2.45, 2.75) is 58.5 Å². The van der Waals surface area contributed by atoms with Gasteiger partial charge in [-0.1, -0.05) is 31.2 Å². The second kappa shape index (κ2) is 11.3. The third kappa shape index (κ3) is 5.57. The first-order valence-electron chi connectivity index (χ1n) is 12.8. The van der Waals surface area contributed by atoms with Crippen LogP contribution < -0.4 is 15.5 Å². The Morgan fingerprint density at radius 1 is 1.37 bits per heavy atom. The number of hydrogen-bond donors (Lipinski definition) is 2. The summed E-state index contributed by atoms with van der Waals surface area (Å²) in [4.78, 5) is 14.0. The Kier molecular flexibility index (Phi) is 8.19. The molecule has 35 heavy (non-hydrogen) atoms. The third-order valence-electron chi connectivity index (χ3n) is 7.10. The van der Waals surface area contributed by atoms with Crippen LogP contribution in [0.3, 0.4) is 0 Å². The van der Waals surface area contributed by atoms with E-state index in [1.54, 1.807) is 12.3 Å². The van der Waals surface area contributed by atoms with Gasteiger partial charge in [0.1, 0.15) is 12.3 Å². The van der Waals surface area contributed by atoms with Gasteiger partial charge < -0.3 is 15.1 Å². The van der Waals surface area contributed by atoms with E-state index >= 15 is 0 Å². The molecule has 4 unspecified atom stereocenters. The van der Waals surface area contributed by atoms with Crippen LogP contribution in [0.25, 0.3) is 5.57 Å². The van der Waals surface area contributed by atoms with Crippen LogP contribution in [-0.4, -0.2) is 60.6 Å². The van der Waals surface area contributed by atoms with Crippen LogP contribution in [0.5, 0.6) is 0 Å². The summed E-state index contributed by atoms with van der Waals surface area (Å²) < 4.78 is 13.5. The van der Waals surface area contributed by atoms with Crippen molar-refractivity contribution in [1.29, 1.82) is 0 Å². The van der Waals surface area contributed by atoms with Gasteiger partial charge in [-0.05, 0) is 81.3 Å². The summed E-state index contributed by atoms with van der Waals surface area (Å²) in [5.74, 6) is 1.08. The second-order valence-corrected chi connectivity index (χ2v) is 9.46. The fourth-order valence-corrected chi connectivity index (χ4v) is 4.82. The average Bonchev–Trinajstić information content (AvgIpc) is 3.69. The van der Waals surface area contributed by atoms with Crippen molar-refractivity contribution in [3.63, 3.8) is 0 Å². The zero-order chi connectivity index (χ0) is 24.9. The number of rotatable bonds is 11. The van der Waals surface area contributed by atoms with Crippen LogP contribution in [0.2, 0.25) is 0 Å². The van der Waals surface area contributed by atoms with E-state index in [1.165, 1.54) is 16.7 Å². The van der Waals surface area contributed by atoms with Crippen molar-refractivity contribution in [1.82, 2.24) is 25.5 Å². The number of anilines is 1. The Morgan fingerprint density at radius 2 is 2.20 bits per heavy atom. The SMILES string of the molecule is CC=C(CCNC)C1=CN(C(C)N(C)c2nccc(C3=CCC(F)C=C3)n2)C(NCCC)C2C=C12. The standard InChI is InChI=1S/C28H39FN6/c1-6-14-31-27-24-17-23(24)25(20(7-2)12-15-30-4)18-35(27)19(3)34(5)28-32-16-13-26(33-28)21-8-10-22(29)11-9-21/h7-10,13,16-19,22,24,27,30-31H,6,11-12,14-15H2,1-5H3. The number of halogens is 1. The average molecular weight is 479 g/mol. The monoisotopic (exact) mass is 478 g/mol. The van der Waals surface area contributed by atoms with Gasteiger partial charge in [0.25, 0.3) is 0 Å². The van der Waals surface area contributed by atoms with E-state index in [0.717, 1.165) is 37.2 Å². The highest BCUT2D eigenvalue weighted by atomic mass is 19.1. The fourth-order valence-electron chi connectivity index (χ4n) is 4.82. The third-order valence-corrected chi connectivity index (χ3v) is 7.10. The molecule has 7 heteroatoms. The van der Waals surface area contributed by atoms with Crippen LogP contribution in [0, 0.1) is 5.92 Å². The molecule has 0 aromatic carbocycles. The zero-order valence-electron chi connectivity index (χ0n) is 21.6. The minimum absolute atomic E-state index is 0.0265. The lowest BCUT2D eigenvalue weighted by Crippen LogP contribution is -2.55. The van der Waals surface area contributed by atoms with Crippen LogP contribution in [0.15, 0.2) is 65.6 Å². The van der Waals surface area contributed by atoms with E-state index in [4.69, 9.17) is 4.98 Å². The molecule has 2 aliphatic carbocycles. The summed E-state index contributed by atoms with van der Waals surface area (Å²) >= 11 is 0. The lowest BCUT2D eigenvalue weighted by Gasteiger charge is -2.43. The van der Waals surface area contributed by atoms with Crippen LogP contribution in [0.1, 0.15) is 45.7 Å². The molecular weight excluding hydrogens is 439 g/mol. The number of nitrogens with one attached hydrogen (secondary N) is 2. The highest BCUT2D eigenvalue weighted by molar-refractivity contribution is 5.73. The molecule has 188 valence electrons. The predicted octanol–water partition coefficient (Wildman–Crippen LogP) is 4.58. The normalized spacial score (nSPS) is 24.4. The molecule has 0 bridgehead atoms. The van der Waals surface area contributed by atoms with Gasteiger partial charge >= 0.3 is 0 Å². The number of hydrogen-bond acceptors (Lipinski definition) is 6. The summed E-state index contributed by atoms with van der Waals surface area (Å²) in [6, 6.07) is 1.89. The van der Waals surface area contributed by atoms with Crippen molar-refractivity contribution in [3.05, 3.63) is 71.3 Å². The molecule has 0 saturated heterocycles. The summed E-state index contributed by atoms with van der Waals surface area (Å²) in [5, 5.41) is 7.04. The van der Waals surface area contributed by atoms with Crippen molar-refractivity contribution in [2.24, 2.45) is 5.92 Å². The van der Waals surface area contributed by atoms with E-state index in [0.29, 0.717) is 18.3 Å². The van der Waals surface area contributed by atoms with E-state index in [2.05, 4.69) is 64.5 Å². The highest BCUT2D eigenvalue weighted by Crippen LogP contribution is 2.47. The van der Waals surface area contributed by atoms with E-state index in [-0.39, 0.29) is 12.3 Å². The molecule has 4 rings (SSSR count). The second-order valence-electron chi connectivity index (χ2n) is 9.46. The van der Waals surface area contributed by atoms with E-state index < -0.39 is 6.17 Å². The molecule has 0 saturated carbocycles. The smallest absolute Gasteiger partial charge is 0.227 e. The zero-order valence-corrected chi connectivity index (χ0v) is 21.6. The molecule has 0 spiro atoms. The largest absolute Gasteiger partial charge is 0.341 e. The maximum absolute atomic E-state index is 13.5. The molecule has 0 radical (unpaired) electrons. The number of aromatic nitrogens is 2. The molecule has 1 aromatic rings. The van der Waals surface area contributed by atoms with Gasteiger partial charge in [0.2, 0.25) is 5.95 Å². The molecule has 2 heterocycles. The van der Waals surface area contributed by atoms with Gasteiger partial charge in [-0.2, -0.15) is 0 Å². The maximum Gasteiger partial charge on any atom is 0.227 e. The van der Waals surface area contributed by atoms with Crippen LogP contribution in [-0.2, 0) is 0 Å². The number of fused-ring (bicyclic) bond motifs is 1. The minimum atomic E-state index is -0.911. The first-order valence-corrected chi connectivity index (χ1v) is 12.8. The molecule has 0 amide bonds. The highest BCUT2D eigenvalue weighted by Gasteiger charge is 2.44. The lowest BCUT2D eigenvalue weighted by molar-refractivity contribution is 0.158. The van der Waals surface area contributed by atoms with Gasteiger partial charge in [0, 0.05) is 31.8 Å². The summed E-state index contributed by atoms with van der Waals surface area (Å²) in [6.45, 7) is 8.46. The number of alkyl halides is 1. The summed E-state index contributed by atoms with van der Waals surface area (Å²) in [7, 11) is 4.04. The van der Waals surface area contributed by atoms with E-state index in [9.17, 15) is 4.39 Å². The van der Waals surface area contributed by atoms with Gasteiger partial charge in [-0.25, -0.2) is 14.4 Å². The molecule has 6 nitrogen and oxygen atoms in total. The fraction of sp³-hybridized carbons (Fsp3) is 0.500. The van der Waals surface area contributed by atoms with E-state index in [1.807, 2.05) is 32.3 Å². The van der Waals surface area contributed by atoms with Crippen molar-refractivity contribution in [2.75, 3.05) is 32.1 Å². The first-order chi connectivity index (χ1) is 17.0. The molecule has 1 aliphatic heterocycles. The van der Waals surface area contributed by atoms with Crippen LogP contribution >= 0.6 is 0 Å². The lowest BCUT2D eigenvalue weighted by atomic mass is 9.94. The van der Waals surface area contributed by atoms with Crippen molar-refractivity contribution >= 4 is 11.5 Å². The molecule has 4 atom stereocenters. The molecular formula is C28H39FN6. The summed E-state index contributed by atoms with van der Waals surface area (Å²) in [6.07, 6.45) is 15.9. The number of nitrogens with zero attached hydrogens (tertiary/aromatic N) is 4. The summed E-state index contributed by atoms with van der Waals surface area (Å²) in [5.41, 5.74) is 5.94. The van der Waals surface area contributed by atoms with Crippen molar-refractivity contribution in [3.8, 4) is 0 Å². The Hall–Kier alpha value is -2.77. The van der Waals surface area contributed by atoms with Gasteiger partial charge in [0.05, 0.1) is 11.9 Å². The number of allylic oxidation sites excluding steroid dienone is 6. The quantitative estimate of drug-likeness (QED) is 0.486. The topological polar surface area (TPSA) is 56.3 Å². The molecule has 3 aliphatic rings. The van der Waals surface area contributed by atoms with Crippen molar-refractivity contribution < 1.29 is 4.39 Å². The van der Waals surface area contributed by atoms with Gasteiger partial charge in [-0.15, -0.1) is 0 Å². The molecule has 1 aromatic heterocycles. The Labute approximate surface area is 209 Å². The predicted molar refractivity (Wildman–Crippen MR) is 142 cm³/mol. The first kappa shape index (κ1) is 25.3. The maximum atomic E-state index is 13.5. The minimum Gasteiger partial charge on any atom is -0.341 e. The van der Waals surface area contributed by atoms with Crippen LogP contribution in [0.4, 0.5) is 10.3 Å². The molecule has 2 N–H and O–H groups in total. The Morgan fingerprint density at radius 3 is 2.89 bits per heavy atom. The van der Waals surface area contributed by atoms with Gasteiger partial charge in [-0.3, -0.25) is 5.32 Å². The van der Waals surface area contributed by atoms with Gasteiger partial charge in [0.15, 0.2) is 0 Å². The Bertz CT molecular complexity index is 1060. The molecule has 0 fully saturated rings.